The van der Waals surface area contributed by atoms with Crippen molar-refractivity contribution in [3.63, 3.8) is 0 Å². The highest BCUT2D eigenvalue weighted by Crippen LogP contribution is 2.28. The molecule has 1 aliphatic rings. The molecule has 5 heteroatoms. The van der Waals surface area contributed by atoms with Gasteiger partial charge in [-0.25, -0.2) is 13.4 Å². The molecule has 4 nitrogen and oxygen atoms in total. The van der Waals surface area contributed by atoms with E-state index in [2.05, 4.69) is 31.0 Å². The van der Waals surface area contributed by atoms with Gasteiger partial charge in [0.1, 0.15) is 0 Å². The van der Waals surface area contributed by atoms with Crippen LogP contribution >= 0.6 is 0 Å². The van der Waals surface area contributed by atoms with Gasteiger partial charge in [0, 0.05) is 0 Å². The van der Waals surface area contributed by atoms with Crippen LogP contribution < -0.4 is 0 Å². The molecule has 1 aliphatic heterocycles. The summed E-state index contributed by atoms with van der Waals surface area (Å²) in [6.45, 7) is 4.13. The van der Waals surface area contributed by atoms with E-state index >= 15 is 0 Å². The number of fused-ring (bicyclic) bond motifs is 1. The second-order valence-corrected chi connectivity index (χ2v) is 7.36. The molecule has 18 heavy (non-hydrogen) atoms. The lowest BCUT2D eigenvalue weighted by atomic mass is 10.1. The van der Waals surface area contributed by atoms with E-state index in [0.717, 1.165) is 11.0 Å². The van der Waals surface area contributed by atoms with Gasteiger partial charge in [0.15, 0.2) is 9.84 Å². The summed E-state index contributed by atoms with van der Waals surface area (Å²) >= 11 is 0. The second kappa shape index (κ2) is 3.82. The Hall–Kier alpha value is -1.36. The summed E-state index contributed by atoms with van der Waals surface area (Å²) < 4.78 is 25.1. The zero-order valence-corrected chi connectivity index (χ0v) is 11.4. The number of aryl methyl sites for hydroxylation is 2. The molecule has 0 saturated carbocycles. The summed E-state index contributed by atoms with van der Waals surface area (Å²) in [6, 6.07) is 4.20. The molecular weight excluding hydrogens is 248 g/mol. The highest BCUT2D eigenvalue weighted by Gasteiger charge is 2.29. The zero-order valence-electron chi connectivity index (χ0n) is 10.5. The van der Waals surface area contributed by atoms with Crippen LogP contribution in [-0.4, -0.2) is 29.5 Å². The van der Waals surface area contributed by atoms with Crippen LogP contribution in [0.3, 0.4) is 0 Å². The first-order valence-electron chi connectivity index (χ1n) is 6.10. The summed E-state index contributed by atoms with van der Waals surface area (Å²) in [5.74, 6) is 0.535. The van der Waals surface area contributed by atoms with Crippen molar-refractivity contribution >= 4 is 20.9 Å². The molecule has 1 aromatic heterocycles. The quantitative estimate of drug-likeness (QED) is 0.791. The van der Waals surface area contributed by atoms with E-state index in [4.69, 9.17) is 0 Å². The van der Waals surface area contributed by atoms with Crippen LogP contribution in [0.2, 0.25) is 0 Å². The molecule has 0 bridgehead atoms. The predicted octanol–water partition coefficient (Wildman–Crippen LogP) is 2.01. The Kier molecular flexibility index (Phi) is 2.48. The first kappa shape index (κ1) is 11.7. The SMILES string of the molecule is Cc1cc2ncn(C3CCS(=O)(=O)C3)c2cc1C. The molecule has 96 valence electrons. The first-order chi connectivity index (χ1) is 8.46. The van der Waals surface area contributed by atoms with Crippen LogP contribution in [-0.2, 0) is 9.84 Å². The standard InChI is InChI=1S/C13H16N2O2S/c1-9-5-12-13(6-10(9)2)15(8-14-12)11-3-4-18(16,17)7-11/h5-6,8,11H,3-4,7H2,1-2H3. The van der Waals surface area contributed by atoms with Crippen molar-refractivity contribution in [1.82, 2.24) is 9.55 Å². The Morgan fingerprint density at radius 1 is 1.28 bits per heavy atom. The molecule has 0 N–H and O–H groups in total. The topological polar surface area (TPSA) is 52.0 Å². The van der Waals surface area contributed by atoms with E-state index in [0.29, 0.717) is 12.2 Å². The maximum absolute atomic E-state index is 11.6. The number of nitrogens with zero attached hydrogens (tertiary/aromatic N) is 2. The van der Waals surface area contributed by atoms with Crippen molar-refractivity contribution in [3.8, 4) is 0 Å². The molecule has 0 radical (unpaired) electrons. The van der Waals surface area contributed by atoms with Gasteiger partial charge in [-0.05, 0) is 43.5 Å². The third-order valence-corrected chi connectivity index (χ3v) is 5.54. The number of rotatable bonds is 1. The van der Waals surface area contributed by atoms with Gasteiger partial charge in [0.25, 0.3) is 0 Å². The van der Waals surface area contributed by atoms with Crippen molar-refractivity contribution in [1.29, 1.82) is 0 Å². The van der Waals surface area contributed by atoms with E-state index in [-0.39, 0.29) is 11.8 Å². The third kappa shape index (κ3) is 1.82. The molecular formula is C13H16N2O2S. The summed E-state index contributed by atoms with van der Waals surface area (Å²) in [5.41, 5.74) is 4.42. The van der Waals surface area contributed by atoms with Gasteiger partial charge in [0.05, 0.1) is 34.9 Å². The summed E-state index contributed by atoms with van der Waals surface area (Å²) in [5, 5.41) is 0. The molecule has 3 rings (SSSR count). The number of imidazole rings is 1. The maximum atomic E-state index is 11.6. The molecule has 1 atom stereocenters. The van der Waals surface area contributed by atoms with Gasteiger partial charge in [0.2, 0.25) is 0 Å². The minimum Gasteiger partial charge on any atom is -0.326 e. The van der Waals surface area contributed by atoms with E-state index in [9.17, 15) is 8.42 Å². The smallest absolute Gasteiger partial charge is 0.152 e. The average Bonchev–Trinajstić information content (AvgIpc) is 2.83. The lowest BCUT2D eigenvalue weighted by molar-refractivity contribution is 0.568. The molecule has 1 fully saturated rings. The monoisotopic (exact) mass is 264 g/mol. The Morgan fingerprint density at radius 2 is 2.00 bits per heavy atom. The van der Waals surface area contributed by atoms with E-state index in [1.807, 2.05) is 4.57 Å². The zero-order chi connectivity index (χ0) is 12.9. The van der Waals surface area contributed by atoms with Gasteiger partial charge >= 0.3 is 0 Å². The minimum absolute atomic E-state index is 0.0436. The van der Waals surface area contributed by atoms with Crippen molar-refractivity contribution < 1.29 is 8.42 Å². The summed E-state index contributed by atoms with van der Waals surface area (Å²) in [4.78, 5) is 4.38. The normalized spacial score (nSPS) is 22.7. The number of hydrogen-bond donors (Lipinski definition) is 0. The molecule has 0 aliphatic carbocycles. The third-order valence-electron chi connectivity index (χ3n) is 3.79. The largest absolute Gasteiger partial charge is 0.326 e. The second-order valence-electron chi connectivity index (χ2n) is 5.13. The Balaban J connectivity index is 2.11. The van der Waals surface area contributed by atoms with Crippen molar-refractivity contribution in [3.05, 3.63) is 29.6 Å². The van der Waals surface area contributed by atoms with Crippen molar-refractivity contribution in [2.75, 3.05) is 11.5 Å². The van der Waals surface area contributed by atoms with Crippen LogP contribution in [0.5, 0.6) is 0 Å². The summed E-state index contributed by atoms with van der Waals surface area (Å²) in [7, 11) is -2.86. The van der Waals surface area contributed by atoms with E-state index < -0.39 is 9.84 Å². The maximum Gasteiger partial charge on any atom is 0.152 e. The van der Waals surface area contributed by atoms with Crippen LogP contribution in [0, 0.1) is 13.8 Å². The lowest BCUT2D eigenvalue weighted by Gasteiger charge is -2.11. The number of sulfone groups is 1. The van der Waals surface area contributed by atoms with Crippen LogP contribution in [0.25, 0.3) is 11.0 Å². The number of hydrogen-bond acceptors (Lipinski definition) is 3. The summed E-state index contributed by atoms with van der Waals surface area (Å²) in [6.07, 6.45) is 2.47. The minimum atomic E-state index is -2.86. The van der Waals surface area contributed by atoms with Crippen molar-refractivity contribution in [2.24, 2.45) is 0 Å². The number of benzene rings is 1. The molecule has 1 aromatic carbocycles. The van der Waals surface area contributed by atoms with Crippen LogP contribution in [0.4, 0.5) is 0 Å². The average molecular weight is 264 g/mol. The van der Waals surface area contributed by atoms with Gasteiger partial charge in [-0.1, -0.05) is 0 Å². The fraction of sp³-hybridized carbons (Fsp3) is 0.462. The molecule has 1 unspecified atom stereocenters. The van der Waals surface area contributed by atoms with Crippen LogP contribution in [0.1, 0.15) is 23.6 Å². The lowest BCUT2D eigenvalue weighted by Crippen LogP contribution is -2.10. The molecule has 0 amide bonds. The van der Waals surface area contributed by atoms with Gasteiger partial charge < -0.3 is 4.57 Å². The predicted molar refractivity (Wildman–Crippen MR) is 71.5 cm³/mol. The fourth-order valence-corrected chi connectivity index (χ4v) is 4.28. The van der Waals surface area contributed by atoms with Crippen LogP contribution in [0.15, 0.2) is 18.5 Å². The van der Waals surface area contributed by atoms with Gasteiger partial charge in [-0.15, -0.1) is 0 Å². The molecule has 2 heterocycles. The van der Waals surface area contributed by atoms with Crippen molar-refractivity contribution in [2.45, 2.75) is 26.3 Å². The highest BCUT2D eigenvalue weighted by atomic mass is 32.2. The molecule has 2 aromatic rings. The molecule has 0 spiro atoms. The highest BCUT2D eigenvalue weighted by molar-refractivity contribution is 7.91. The first-order valence-corrected chi connectivity index (χ1v) is 7.93. The number of aromatic nitrogens is 2. The van der Waals surface area contributed by atoms with E-state index in [1.165, 1.54) is 11.1 Å². The molecule has 1 saturated heterocycles. The van der Waals surface area contributed by atoms with Gasteiger partial charge in [-0.3, -0.25) is 0 Å². The Morgan fingerprint density at radius 3 is 2.67 bits per heavy atom. The Bertz CT molecular complexity index is 716. The Labute approximate surface area is 107 Å². The van der Waals surface area contributed by atoms with E-state index in [1.54, 1.807) is 6.33 Å². The van der Waals surface area contributed by atoms with Gasteiger partial charge in [-0.2, -0.15) is 0 Å². The fourth-order valence-electron chi connectivity index (χ4n) is 2.57.